The van der Waals surface area contributed by atoms with Gasteiger partial charge in [-0.1, -0.05) is 26.5 Å². The predicted octanol–water partition coefficient (Wildman–Crippen LogP) is -0.649. The summed E-state index contributed by atoms with van der Waals surface area (Å²) in [5, 5.41) is 0. The standard InChI is InChI=1S/C9H12N2O2.C2H6/c1-3-4-8(9(10)13)6-11-5-7(2)12;1-2/h3-4,6H,1,5H2,2H3,(H2,10,13);1-2H3/p+1/b8-4+,11-6?;. The molecule has 84 valence electrons. The molecule has 15 heavy (non-hydrogen) atoms. The van der Waals surface area contributed by atoms with Crippen molar-refractivity contribution in [2.45, 2.75) is 20.8 Å². The molecule has 0 fully saturated rings. The Kier molecular flexibility index (Phi) is 10.9. The van der Waals surface area contributed by atoms with Crippen LogP contribution in [0.25, 0.3) is 0 Å². The van der Waals surface area contributed by atoms with Gasteiger partial charge in [-0.3, -0.25) is 9.59 Å². The van der Waals surface area contributed by atoms with Gasteiger partial charge in [0.2, 0.25) is 0 Å². The molecule has 3 N–H and O–H groups in total. The molecule has 0 aliphatic rings. The Hall–Kier alpha value is -1.71. The third-order valence-corrected chi connectivity index (χ3v) is 1.19. The number of hydrogen-bond donors (Lipinski definition) is 2. The fourth-order valence-electron chi connectivity index (χ4n) is 0.633. The first kappa shape index (κ1) is 15.7. The van der Waals surface area contributed by atoms with Gasteiger partial charge in [-0.2, -0.15) is 0 Å². The highest BCUT2D eigenvalue weighted by molar-refractivity contribution is 6.10. The first-order chi connectivity index (χ1) is 7.07. The van der Waals surface area contributed by atoms with Gasteiger partial charge in [-0.25, -0.2) is 4.99 Å². The molecule has 0 spiro atoms. The molecule has 0 aliphatic heterocycles. The summed E-state index contributed by atoms with van der Waals surface area (Å²) in [5.41, 5.74) is 5.32. The summed E-state index contributed by atoms with van der Waals surface area (Å²) in [6, 6.07) is 0. The van der Waals surface area contributed by atoms with Crippen LogP contribution >= 0.6 is 0 Å². The van der Waals surface area contributed by atoms with E-state index in [9.17, 15) is 9.59 Å². The van der Waals surface area contributed by atoms with Crippen LogP contribution in [0.5, 0.6) is 0 Å². The highest BCUT2D eigenvalue weighted by Gasteiger charge is 2.03. The van der Waals surface area contributed by atoms with Crippen LogP contribution in [0.4, 0.5) is 0 Å². The minimum absolute atomic E-state index is 0.0151. The van der Waals surface area contributed by atoms with Gasteiger partial charge in [0.15, 0.2) is 18.5 Å². The molecule has 4 nitrogen and oxygen atoms in total. The van der Waals surface area contributed by atoms with E-state index in [2.05, 4.69) is 11.6 Å². The predicted molar refractivity (Wildman–Crippen MR) is 61.4 cm³/mol. The van der Waals surface area contributed by atoms with Gasteiger partial charge in [0.1, 0.15) is 5.57 Å². The number of nitrogens with two attached hydrogens (primary N) is 1. The summed E-state index contributed by atoms with van der Waals surface area (Å²) >= 11 is 0. The summed E-state index contributed by atoms with van der Waals surface area (Å²) in [6.45, 7) is 9.06. The second-order valence-electron chi connectivity index (χ2n) is 2.45. The van der Waals surface area contributed by atoms with Crippen molar-refractivity contribution in [3.63, 3.8) is 0 Å². The summed E-state index contributed by atoms with van der Waals surface area (Å²) in [7, 11) is 0. The van der Waals surface area contributed by atoms with E-state index >= 15 is 0 Å². The number of ketones is 1. The van der Waals surface area contributed by atoms with E-state index in [0.29, 0.717) is 0 Å². The lowest BCUT2D eigenvalue weighted by Crippen LogP contribution is -2.71. The van der Waals surface area contributed by atoms with Gasteiger partial charge >= 0.3 is 0 Å². The third kappa shape index (κ3) is 10.2. The van der Waals surface area contributed by atoms with Crippen molar-refractivity contribution >= 4 is 17.9 Å². The molecule has 0 atom stereocenters. The van der Waals surface area contributed by atoms with E-state index in [-0.39, 0.29) is 17.9 Å². The van der Waals surface area contributed by atoms with Gasteiger partial charge in [0, 0.05) is 6.92 Å². The lowest BCUT2D eigenvalue weighted by Gasteiger charge is -1.87. The Labute approximate surface area is 90.6 Å². The fraction of sp³-hybridized carbons (Fsp3) is 0.364. The molecular formula is C11H19N2O2+. The number of carbonyl (C=O) groups is 2. The molecule has 0 aromatic carbocycles. The molecular weight excluding hydrogens is 192 g/mol. The Morgan fingerprint density at radius 3 is 2.27 bits per heavy atom. The van der Waals surface area contributed by atoms with E-state index in [0.717, 1.165) is 0 Å². The van der Waals surface area contributed by atoms with Gasteiger partial charge in [-0.05, 0) is 6.08 Å². The van der Waals surface area contributed by atoms with E-state index in [1.165, 1.54) is 25.3 Å². The Bertz CT molecular complexity index is 278. The Balaban J connectivity index is 0. The average Bonchev–Trinajstić information content (AvgIpc) is 2.19. The number of Topliss-reactive ketones (excluding diaryl/α,β-unsaturated/α-hetero) is 1. The molecule has 4 heteroatoms. The minimum atomic E-state index is -0.559. The summed E-state index contributed by atoms with van der Waals surface area (Å²) < 4.78 is 0. The number of allylic oxidation sites excluding steroid dienone is 2. The smallest absolute Gasteiger partial charge is 0.254 e. The first-order valence-corrected chi connectivity index (χ1v) is 4.76. The largest absolute Gasteiger partial charge is 0.365 e. The van der Waals surface area contributed by atoms with E-state index in [1.807, 2.05) is 13.8 Å². The zero-order valence-electron chi connectivity index (χ0n) is 9.54. The third-order valence-electron chi connectivity index (χ3n) is 1.19. The van der Waals surface area contributed by atoms with E-state index in [1.54, 1.807) is 0 Å². The average molecular weight is 211 g/mol. The first-order valence-electron chi connectivity index (χ1n) is 4.76. The number of carbonyl (C=O) groups excluding carboxylic acids is 2. The van der Waals surface area contributed by atoms with Crippen LogP contribution in [0.15, 0.2) is 24.3 Å². The molecule has 0 rings (SSSR count). The SMILES string of the molecule is C=C/C=C(\C=[NH+]CC(C)=O)C(N)=O.CC. The highest BCUT2D eigenvalue weighted by atomic mass is 16.1. The molecule has 0 saturated carbocycles. The Morgan fingerprint density at radius 2 is 1.93 bits per heavy atom. The highest BCUT2D eigenvalue weighted by Crippen LogP contribution is 1.85. The van der Waals surface area contributed by atoms with E-state index in [4.69, 9.17) is 5.73 Å². The topological polar surface area (TPSA) is 74.1 Å². The number of primary amides is 1. The lowest BCUT2D eigenvalue weighted by molar-refractivity contribution is -0.437. The van der Waals surface area contributed by atoms with Crippen LogP contribution in [-0.4, -0.2) is 24.4 Å². The molecule has 0 aromatic rings. The maximum Gasteiger partial charge on any atom is 0.254 e. The van der Waals surface area contributed by atoms with Crippen molar-refractivity contribution < 1.29 is 14.6 Å². The quantitative estimate of drug-likeness (QED) is 0.360. The van der Waals surface area contributed by atoms with Gasteiger partial charge < -0.3 is 5.73 Å². The summed E-state index contributed by atoms with van der Waals surface area (Å²) in [5.74, 6) is -0.574. The molecule has 0 unspecified atom stereocenters. The normalized spacial score (nSPS) is 10.5. The van der Waals surface area contributed by atoms with Crippen molar-refractivity contribution in [2.24, 2.45) is 5.73 Å². The summed E-state index contributed by atoms with van der Waals surface area (Å²) in [4.78, 5) is 23.9. The second kappa shape index (κ2) is 10.4. The van der Waals surface area contributed by atoms with Crippen molar-refractivity contribution in [2.75, 3.05) is 6.54 Å². The molecule has 1 amide bonds. The molecule has 0 saturated heterocycles. The lowest BCUT2D eigenvalue weighted by atomic mass is 10.2. The van der Waals surface area contributed by atoms with Gasteiger partial charge in [0.25, 0.3) is 5.91 Å². The van der Waals surface area contributed by atoms with Crippen molar-refractivity contribution in [1.29, 1.82) is 0 Å². The molecule has 0 bridgehead atoms. The maximum atomic E-state index is 10.7. The van der Waals surface area contributed by atoms with Gasteiger partial charge in [-0.15, -0.1) is 0 Å². The Morgan fingerprint density at radius 1 is 1.40 bits per heavy atom. The summed E-state index contributed by atoms with van der Waals surface area (Å²) in [6.07, 6.45) is 4.31. The molecule has 0 radical (unpaired) electrons. The van der Waals surface area contributed by atoms with Crippen LogP contribution in [0.2, 0.25) is 0 Å². The van der Waals surface area contributed by atoms with Crippen LogP contribution in [-0.2, 0) is 9.59 Å². The zero-order valence-corrected chi connectivity index (χ0v) is 9.54. The minimum Gasteiger partial charge on any atom is -0.365 e. The number of hydrogen-bond acceptors (Lipinski definition) is 2. The van der Waals surface area contributed by atoms with Crippen LogP contribution in [0.3, 0.4) is 0 Å². The molecule has 0 heterocycles. The molecule has 0 aromatic heterocycles. The van der Waals surface area contributed by atoms with Crippen molar-refractivity contribution in [1.82, 2.24) is 0 Å². The van der Waals surface area contributed by atoms with Gasteiger partial charge in [0.05, 0.1) is 0 Å². The monoisotopic (exact) mass is 211 g/mol. The van der Waals surface area contributed by atoms with E-state index < -0.39 is 5.91 Å². The number of nitrogens with one attached hydrogen (secondary N) is 1. The fourth-order valence-corrected chi connectivity index (χ4v) is 0.633. The van der Waals surface area contributed by atoms with Crippen LogP contribution < -0.4 is 10.7 Å². The number of amides is 1. The zero-order chi connectivity index (χ0) is 12.3. The van der Waals surface area contributed by atoms with Crippen molar-refractivity contribution in [3.05, 3.63) is 24.3 Å². The molecule has 0 aliphatic carbocycles. The second-order valence-corrected chi connectivity index (χ2v) is 2.45. The van der Waals surface area contributed by atoms with Crippen LogP contribution in [0, 0.1) is 0 Å². The van der Waals surface area contributed by atoms with Crippen LogP contribution in [0.1, 0.15) is 20.8 Å². The number of rotatable bonds is 5. The van der Waals surface area contributed by atoms with Crippen molar-refractivity contribution in [3.8, 4) is 0 Å². The maximum absolute atomic E-state index is 10.7.